The molecular weight excluding hydrogens is 681 g/mol. The highest BCUT2D eigenvalue weighted by molar-refractivity contribution is 14.1. The number of benzene rings is 2. The van der Waals surface area contributed by atoms with Crippen molar-refractivity contribution in [1.29, 1.82) is 0 Å². The molecular formula is C33H37BrINO4. The third-order valence-electron chi connectivity index (χ3n) is 8.25. The highest BCUT2D eigenvalue weighted by Crippen LogP contribution is 2.55. The van der Waals surface area contributed by atoms with Crippen LogP contribution < -0.4 is 9.47 Å². The minimum absolute atomic E-state index is 0.129. The van der Waals surface area contributed by atoms with E-state index in [4.69, 9.17) is 9.47 Å². The van der Waals surface area contributed by atoms with Crippen molar-refractivity contribution < 1.29 is 19.1 Å². The first-order chi connectivity index (χ1) is 18.9. The Balaban J connectivity index is 1.65. The second kappa shape index (κ2) is 10.9. The number of carbonyl (C=O) groups is 2. The molecule has 0 saturated heterocycles. The molecule has 0 saturated carbocycles. The third kappa shape index (κ3) is 5.40. The molecule has 1 aliphatic heterocycles. The molecule has 7 heteroatoms. The fourth-order valence-electron chi connectivity index (χ4n) is 6.57. The van der Waals surface area contributed by atoms with Crippen LogP contribution in [0, 0.1) is 14.4 Å². The Kier molecular flexibility index (Phi) is 8.03. The topological polar surface area (TPSA) is 55.8 Å². The summed E-state index contributed by atoms with van der Waals surface area (Å²) in [5.74, 6) is 1.14. The molecule has 0 bridgehead atoms. The number of nitrogens with zero attached hydrogens (tertiary/aromatic N) is 1. The summed E-state index contributed by atoms with van der Waals surface area (Å²) in [5.41, 5.74) is 5.42. The number of rotatable bonds is 6. The zero-order chi connectivity index (χ0) is 29.0. The van der Waals surface area contributed by atoms with Crippen molar-refractivity contribution in [2.45, 2.75) is 72.8 Å². The van der Waals surface area contributed by atoms with E-state index in [0.29, 0.717) is 30.9 Å². The van der Waals surface area contributed by atoms with Gasteiger partial charge in [0.25, 0.3) is 0 Å². The average molecular weight is 718 g/mol. The summed E-state index contributed by atoms with van der Waals surface area (Å²) in [6.07, 6.45) is 2.57. The predicted octanol–water partition coefficient (Wildman–Crippen LogP) is 8.35. The predicted molar refractivity (Wildman–Crippen MR) is 169 cm³/mol. The zero-order valence-electron chi connectivity index (χ0n) is 24.1. The SMILES string of the molecule is CCN1C2=C(C(=O)CC(C)(C)C2)C(c2cc(I)c(OCc3ccccc3Br)c(OC)c2)C2=C1CC(C)(C)CC2=O. The lowest BCUT2D eigenvalue weighted by molar-refractivity contribution is -0.119. The van der Waals surface area contributed by atoms with Crippen molar-refractivity contribution in [2.75, 3.05) is 13.7 Å². The summed E-state index contributed by atoms with van der Waals surface area (Å²) >= 11 is 5.88. The second-order valence-electron chi connectivity index (χ2n) is 12.7. The molecule has 0 radical (unpaired) electrons. The van der Waals surface area contributed by atoms with Crippen LogP contribution in [-0.4, -0.2) is 30.1 Å². The summed E-state index contributed by atoms with van der Waals surface area (Å²) in [7, 11) is 1.64. The molecule has 0 spiro atoms. The van der Waals surface area contributed by atoms with E-state index in [1.807, 2.05) is 30.3 Å². The van der Waals surface area contributed by atoms with Gasteiger partial charge in [0.1, 0.15) is 6.61 Å². The van der Waals surface area contributed by atoms with Gasteiger partial charge in [-0.2, -0.15) is 0 Å². The molecule has 5 rings (SSSR count). The second-order valence-corrected chi connectivity index (χ2v) is 14.7. The fraction of sp³-hybridized carbons (Fsp3) is 0.455. The van der Waals surface area contributed by atoms with Crippen LogP contribution in [0.4, 0.5) is 0 Å². The van der Waals surface area contributed by atoms with Crippen molar-refractivity contribution in [3.05, 3.63) is 78.1 Å². The quantitative estimate of drug-likeness (QED) is 0.281. The molecule has 0 atom stereocenters. The summed E-state index contributed by atoms with van der Waals surface area (Å²) in [6.45, 7) is 11.9. The van der Waals surface area contributed by atoms with Gasteiger partial charge in [-0.05, 0) is 76.9 Å². The Morgan fingerprint density at radius 1 is 0.950 bits per heavy atom. The number of ketones is 2. The molecule has 0 aromatic heterocycles. The van der Waals surface area contributed by atoms with Gasteiger partial charge >= 0.3 is 0 Å². The smallest absolute Gasteiger partial charge is 0.174 e. The monoisotopic (exact) mass is 717 g/mol. The normalized spacial score (nSPS) is 20.4. The van der Waals surface area contributed by atoms with E-state index < -0.39 is 5.92 Å². The Morgan fingerprint density at radius 2 is 1.52 bits per heavy atom. The molecule has 0 N–H and O–H groups in total. The van der Waals surface area contributed by atoms with E-state index in [9.17, 15) is 9.59 Å². The lowest BCUT2D eigenvalue weighted by Gasteiger charge is -2.49. The minimum atomic E-state index is -0.403. The van der Waals surface area contributed by atoms with Crippen molar-refractivity contribution in [3.8, 4) is 11.5 Å². The average Bonchev–Trinajstić information content (AvgIpc) is 2.86. The number of ether oxygens (including phenoxy) is 2. The molecule has 3 aliphatic rings. The molecule has 2 aliphatic carbocycles. The van der Waals surface area contributed by atoms with Crippen LogP contribution >= 0.6 is 38.5 Å². The highest BCUT2D eigenvalue weighted by atomic mass is 127. The maximum atomic E-state index is 13.9. The molecule has 2 aromatic carbocycles. The van der Waals surface area contributed by atoms with Crippen LogP contribution in [0.25, 0.3) is 0 Å². The first kappa shape index (κ1) is 29.4. The van der Waals surface area contributed by atoms with E-state index in [1.54, 1.807) is 7.11 Å². The third-order valence-corrected chi connectivity index (χ3v) is 9.83. The van der Waals surface area contributed by atoms with E-state index in [2.05, 4.69) is 84.1 Å². The van der Waals surface area contributed by atoms with Crippen LogP contribution in [0.5, 0.6) is 11.5 Å². The number of Topliss-reactive ketones (excluding diaryl/α,β-unsaturated/α-hetero) is 2. The molecule has 0 fully saturated rings. The summed E-state index contributed by atoms with van der Waals surface area (Å²) in [6, 6.07) is 12.0. The van der Waals surface area contributed by atoms with Crippen molar-refractivity contribution in [3.63, 3.8) is 0 Å². The van der Waals surface area contributed by atoms with E-state index in [0.717, 1.165) is 61.1 Å². The van der Waals surface area contributed by atoms with Gasteiger partial charge < -0.3 is 14.4 Å². The Hall–Kier alpha value is -2.13. The van der Waals surface area contributed by atoms with Crippen molar-refractivity contribution >= 4 is 50.1 Å². The van der Waals surface area contributed by atoms with Gasteiger partial charge in [0.15, 0.2) is 23.1 Å². The van der Waals surface area contributed by atoms with E-state index in [1.165, 1.54) is 0 Å². The zero-order valence-corrected chi connectivity index (χ0v) is 27.9. The van der Waals surface area contributed by atoms with Gasteiger partial charge in [-0.15, -0.1) is 0 Å². The van der Waals surface area contributed by atoms with Crippen LogP contribution in [0.2, 0.25) is 0 Å². The lowest BCUT2D eigenvalue weighted by atomic mass is 9.63. The van der Waals surface area contributed by atoms with Gasteiger partial charge in [-0.25, -0.2) is 0 Å². The summed E-state index contributed by atoms with van der Waals surface area (Å²) in [4.78, 5) is 30.1. The molecule has 212 valence electrons. The molecule has 5 nitrogen and oxygen atoms in total. The maximum Gasteiger partial charge on any atom is 0.174 e. The lowest BCUT2D eigenvalue weighted by Crippen LogP contribution is -2.44. The van der Waals surface area contributed by atoms with Crippen molar-refractivity contribution in [2.24, 2.45) is 10.8 Å². The van der Waals surface area contributed by atoms with Gasteiger partial charge in [0.05, 0.1) is 10.7 Å². The Labute approximate surface area is 259 Å². The van der Waals surface area contributed by atoms with Crippen LogP contribution in [0.15, 0.2) is 63.4 Å². The van der Waals surface area contributed by atoms with Crippen molar-refractivity contribution in [1.82, 2.24) is 4.90 Å². The number of methoxy groups -OCH3 is 1. The first-order valence-electron chi connectivity index (χ1n) is 13.9. The molecule has 2 aromatic rings. The van der Waals surface area contributed by atoms with E-state index in [-0.39, 0.29) is 22.4 Å². The first-order valence-corrected chi connectivity index (χ1v) is 15.8. The maximum absolute atomic E-state index is 13.9. The van der Waals surface area contributed by atoms with Crippen LogP contribution in [0.3, 0.4) is 0 Å². The summed E-state index contributed by atoms with van der Waals surface area (Å²) < 4.78 is 14.0. The molecule has 1 heterocycles. The number of allylic oxidation sites excluding steroid dienone is 4. The Bertz CT molecular complexity index is 1400. The minimum Gasteiger partial charge on any atom is -0.493 e. The highest BCUT2D eigenvalue weighted by Gasteiger charge is 2.48. The molecule has 40 heavy (non-hydrogen) atoms. The number of hydrogen-bond donors (Lipinski definition) is 0. The molecule has 0 amide bonds. The Morgan fingerprint density at radius 3 is 2.05 bits per heavy atom. The summed E-state index contributed by atoms with van der Waals surface area (Å²) in [5, 5.41) is 0. The fourth-order valence-corrected chi connectivity index (χ4v) is 7.76. The van der Waals surface area contributed by atoms with Gasteiger partial charge in [0, 0.05) is 57.9 Å². The molecule has 0 unspecified atom stereocenters. The largest absolute Gasteiger partial charge is 0.493 e. The van der Waals surface area contributed by atoms with Gasteiger partial charge in [0.2, 0.25) is 0 Å². The van der Waals surface area contributed by atoms with Gasteiger partial charge in [-0.3, -0.25) is 9.59 Å². The number of carbonyl (C=O) groups excluding carboxylic acids is 2. The number of halogens is 2. The van der Waals surface area contributed by atoms with Crippen LogP contribution in [-0.2, 0) is 16.2 Å². The van der Waals surface area contributed by atoms with E-state index >= 15 is 0 Å². The van der Waals surface area contributed by atoms with Crippen LogP contribution in [0.1, 0.15) is 77.3 Å². The standard InChI is InChI=1S/C33H37BrINO4/c1-7-36-23-14-32(2,3)16-25(37)29(23)28(30-24(36)15-33(4,5)17-26(30)38)20-12-22(35)31(27(13-20)39-6)40-18-19-10-8-9-11-21(19)34/h8-13,28H,7,14-18H2,1-6H3. The van der Waals surface area contributed by atoms with Gasteiger partial charge in [-0.1, -0.05) is 61.8 Å². The number of hydrogen-bond acceptors (Lipinski definition) is 5.